The van der Waals surface area contributed by atoms with Crippen molar-refractivity contribution >= 4 is 0 Å². The van der Waals surface area contributed by atoms with Crippen LogP contribution >= 0.6 is 0 Å². The van der Waals surface area contributed by atoms with E-state index in [-0.39, 0.29) is 6.42 Å². The predicted molar refractivity (Wildman–Crippen MR) is 69.2 cm³/mol. The Labute approximate surface area is 115 Å². The molecule has 7 heteroatoms. The Morgan fingerprint density at radius 3 is 2.45 bits per heavy atom. The van der Waals surface area contributed by atoms with Crippen LogP contribution in [0.15, 0.2) is 18.2 Å². The lowest BCUT2D eigenvalue weighted by Gasteiger charge is -2.13. The number of methoxy groups -OCH3 is 1. The summed E-state index contributed by atoms with van der Waals surface area (Å²) in [5.41, 5.74) is 6.52. The van der Waals surface area contributed by atoms with Gasteiger partial charge < -0.3 is 10.5 Å². The van der Waals surface area contributed by atoms with E-state index in [0.29, 0.717) is 23.9 Å². The number of rotatable bonds is 5. The Morgan fingerprint density at radius 2 is 1.90 bits per heavy atom. The number of nitrogens with two attached hydrogens (primary N) is 1. The van der Waals surface area contributed by atoms with E-state index in [1.807, 2.05) is 6.92 Å². The molecule has 1 aromatic heterocycles. The number of hydrogen-bond donors (Lipinski definition) is 1. The molecule has 0 aliphatic rings. The van der Waals surface area contributed by atoms with Gasteiger partial charge in [-0.25, -0.2) is 8.78 Å². The molecule has 0 fully saturated rings. The van der Waals surface area contributed by atoms with Gasteiger partial charge >= 0.3 is 6.01 Å². The van der Waals surface area contributed by atoms with Gasteiger partial charge in [0.2, 0.25) is 0 Å². The Kier molecular flexibility index (Phi) is 4.29. The Balaban J connectivity index is 2.23. The molecule has 0 amide bonds. The van der Waals surface area contributed by atoms with Gasteiger partial charge in [-0.3, -0.25) is 4.57 Å². The van der Waals surface area contributed by atoms with E-state index >= 15 is 0 Å². The smallest absolute Gasteiger partial charge is 0.316 e. The molecule has 2 rings (SSSR count). The van der Waals surface area contributed by atoms with Gasteiger partial charge in [0.15, 0.2) is 5.82 Å². The van der Waals surface area contributed by atoms with E-state index in [1.165, 1.54) is 19.2 Å². The van der Waals surface area contributed by atoms with Crippen LogP contribution < -0.4 is 10.5 Å². The fourth-order valence-corrected chi connectivity index (χ4v) is 2.10. The van der Waals surface area contributed by atoms with Crippen molar-refractivity contribution in [1.82, 2.24) is 14.8 Å². The molecule has 2 aromatic rings. The third-order valence-corrected chi connectivity index (χ3v) is 2.95. The molecule has 108 valence electrons. The van der Waals surface area contributed by atoms with Gasteiger partial charge in [-0.15, -0.1) is 5.10 Å². The van der Waals surface area contributed by atoms with Crippen molar-refractivity contribution in [3.05, 3.63) is 41.2 Å². The fourth-order valence-electron chi connectivity index (χ4n) is 2.10. The second-order valence-electron chi connectivity index (χ2n) is 4.38. The molecule has 0 aliphatic heterocycles. The maximum Gasteiger partial charge on any atom is 0.316 e. The van der Waals surface area contributed by atoms with Crippen molar-refractivity contribution in [1.29, 1.82) is 0 Å². The van der Waals surface area contributed by atoms with E-state index in [2.05, 4.69) is 10.2 Å². The average molecular weight is 282 g/mol. The minimum absolute atomic E-state index is 0.260. The van der Waals surface area contributed by atoms with Gasteiger partial charge in [0, 0.05) is 12.6 Å². The van der Waals surface area contributed by atoms with Crippen LogP contribution in [0.3, 0.4) is 0 Å². The Bertz CT molecular complexity index is 580. The van der Waals surface area contributed by atoms with Crippen LogP contribution in [0, 0.1) is 11.6 Å². The molecule has 1 aromatic carbocycles. The molecule has 0 saturated heterocycles. The van der Waals surface area contributed by atoms with Crippen LogP contribution in [0.1, 0.15) is 24.4 Å². The summed E-state index contributed by atoms with van der Waals surface area (Å²) in [5.74, 6) is -0.725. The third-order valence-electron chi connectivity index (χ3n) is 2.95. The van der Waals surface area contributed by atoms with Gasteiger partial charge in [-0.1, -0.05) is 5.10 Å². The number of hydrogen-bond acceptors (Lipinski definition) is 4. The minimum atomic E-state index is -0.623. The molecule has 0 bridgehead atoms. The molecule has 5 nitrogen and oxygen atoms in total. The quantitative estimate of drug-likeness (QED) is 0.908. The Morgan fingerprint density at radius 1 is 1.25 bits per heavy atom. The van der Waals surface area contributed by atoms with Crippen molar-refractivity contribution in [2.24, 2.45) is 5.73 Å². The normalized spacial score (nSPS) is 12.4. The second-order valence-corrected chi connectivity index (χ2v) is 4.38. The highest BCUT2D eigenvalue weighted by molar-refractivity contribution is 5.20. The van der Waals surface area contributed by atoms with Crippen molar-refractivity contribution in [3.8, 4) is 6.01 Å². The number of halogens is 2. The summed E-state index contributed by atoms with van der Waals surface area (Å²) in [7, 11) is 1.49. The van der Waals surface area contributed by atoms with Crippen molar-refractivity contribution in [2.45, 2.75) is 25.9 Å². The molecule has 0 spiro atoms. The number of nitrogens with zero attached hydrogens (tertiary/aromatic N) is 3. The van der Waals surface area contributed by atoms with Crippen LogP contribution in [0.4, 0.5) is 8.78 Å². The molecule has 0 saturated carbocycles. The van der Waals surface area contributed by atoms with Gasteiger partial charge in [-0.05, 0) is 31.0 Å². The Hall–Kier alpha value is -2.02. The van der Waals surface area contributed by atoms with Crippen LogP contribution in [0.5, 0.6) is 6.01 Å². The maximum atomic E-state index is 13.2. The first-order valence-electron chi connectivity index (χ1n) is 6.22. The predicted octanol–water partition coefficient (Wildman–Crippen LogP) is 1.83. The zero-order chi connectivity index (χ0) is 14.7. The van der Waals surface area contributed by atoms with Gasteiger partial charge in [0.1, 0.15) is 11.6 Å². The summed E-state index contributed by atoms with van der Waals surface area (Å²) in [6.07, 6.45) is 0.260. The van der Waals surface area contributed by atoms with Crippen molar-refractivity contribution in [3.63, 3.8) is 0 Å². The highest BCUT2D eigenvalue weighted by Crippen LogP contribution is 2.19. The third kappa shape index (κ3) is 2.93. The second kappa shape index (κ2) is 5.96. The maximum absolute atomic E-state index is 13.2. The zero-order valence-electron chi connectivity index (χ0n) is 11.3. The molecule has 0 unspecified atom stereocenters. The molecule has 1 atom stereocenters. The van der Waals surface area contributed by atoms with Gasteiger partial charge in [0.05, 0.1) is 13.2 Å². The molecule has 20 heavy (non-hydrogen) atoms. The fraction of sp³-hybridized carbons (Fsp3) is 0.385. The van der Waals surface area contributed by atoms with Gasteiger partial charge in [0.25, 0.3) is 0 Å². The average Bonchev–Trinajstić information content (AvgIpc) is 2.80. The van der Waals surface area contributed by atoms with Crippen LogP contribution in [-0.2, 0) is 13.0 Å². The molecule has 0 radical (unpaired) electrons. The number of benzene rings is 1. The first-order chi connectivity index (χ1) is 9.55. The highest BCUT2D eigenvalue weighted by Gasteiger charge is 2.18. The SMILES string of the molecule is CCn1c(OC)nnc1[C@H](N)Cc1cc(F)cc(F)c1. The number of ether oxygens (including phenoxy) is 1. The lowest BCUT2D eigenvalue weighted by atomic mass is 10.1. The summed E-state index contributed by atoms with van der Waals surface area (Å²) < 4.78 is 33.1. The standard InChI is InChI=1S/C13H16F2N4O/c1-3-19-12(17-18-13(19)20-2)11(16)6-8-4-9(14)7-10(15)5-8/h4-5,7,11H,3,6,16H2,1-2H3/t11-/m1/s1. The summed E-state index contributed by atoms with van der Waals surface area (Å²) in [4.78, 5) is 0. The van der Waals surface area contributed by atoms with Crippen LogP contribution in [-0.4, -0.2) is 21.9 Å². The highest BCUT2D eigenvalue weighted by atomic mass is 19.1. The van der Waals surface area contributed by atoms with E-state index in [1.54, 1.807) is 4.57 Å². The molecule has 1 heterocycles. The summed E-state index contributed by atoms with van der Waals surface area (Å²) in [6.45, 7) is 2.50. The lowest BCUT2D eigenvalue weighted by Crippen LogP contribution is -2.19. The van der Waals surface area contributed by atoms with Crippen LogP contribution in [0.2, 0.25) is 0 Å². The topological polar surface area (TPSA) is 66.0 Å². The van der Waals surface area contributed by atoms with E-state index in [0.717, 1.165) is 6.07 Å². The summed E-state index contributed by atoms with van der Waals surface area (Å²) in [5, 5.41) is 7.84. The van der Waals surface area contributed by atoms with E-state index in [9.17, 15) is 8.78 Å². The molecule has 2 N–H and O–H groups in total. The summed E-state index contributed by atoms with van der Waals surface area (Å²) >= 11 is 0. The van der Waals surface area contributed by atoms with Crippen molar-refractivity contribution < 1.29 is 13.5 Å². The first kappa shape index (κ1) is 14.4. The lowest BCUT2D eigenvalue weighted by molar-refractivity contribution is 0.354. The molecular formula is C13H16F2N4O. The van der Waals surface area contributed by atoms with Crippen LogP contribution in [0.25, 0.3) is 0 Å². The first-order valence-corrected chi connectivity index (χ1v) is 6.22. The molecule has 0 aliphatic carbocycles. The number of aromatic nitrogens is 3. The zero-order valence-corrected chi connectivity index (χ0v) is 11.3. The molecular weight excluding hydrogens is 266 g/mol. The largest absolute Gasteiger partial charge is 0.467 e. The monoisotopic (exact) mass is 282 g/mol. The van der Waals surface area contributed by atoms with E-state index in [4.69, 9.17) is 10.5 Å². The van der Waals surface area contributed by atoms with E-state index < -0.39 is 17.7 Å². The summed E-state index contributed by atoms with van der Waals surface area (Å²) in [6, 6.07) is 3.18. The van der Waals surface area contributed by atoms with Crippen molar-refractivity contribution in [2.75, 3.05) is 7.11 Å². The van der Waals surface area contributed by atoms with Gasteiger partial charge in [-0.2, -0.15) is 0 Å². The minimum Gasteiger partial charge on any atom is -0.467 e.